The summed E-state index contributed by atoms with van der Waals surface area (Å²) in [5, 5.41) is 0. The lowest BCUT2D eigenvalue weighted by atomic mass is 10.3. The number of carbonyl (C=O) groups excluding carboxylic acids is 2. The predicted molar refractivity (Wildman–Crippen MR) is 106 cm³/mol. The maximum Gasteiger partial charge on any atom is 0.269 e. The quantitative estimate of drug-likeness (QED) is 0.480. The summed E-state index contributed by atoms with van der Waals surface area (Å²) in [6, 6.07) is 5.51. The number of nitrogens with zero attached hydrogens (tertiary/aromatic N) is 4. The van der Waals surface area contributed by atoms with Gasteiger partial charge in [0.1, 0.15) is 17.8 Å². The number of hydrogen-bond acceptors (Lipinski definition) is 6. The normalized spacial score (nSPS) is 14.5. The summed E-state index contributed by atoms with van der Waals surface area (Å²) < 4.78 is 7.18. The molecule has 1 saturated heterocycles. The second-order valence-corrected chi connectivity index (χ2v) is 7.03. The topological polar surface area (TPSA) is 145 Å². The zero-order valence-electron chi connectivity index (χ0n) is 15.9. The third-order valence-corrected chi connectivity index (χ3v) is 4.99. The Kier molecular flexibility index (Phi) is 5.17. The largest absolute Gasteiger partial charge is 0.493 e. The van der Waals surface area contributed by atoms with Gasteiger partial charge >= 0.3 is 0 Å². The Labute approximate surface area is 166 Å². The molecule has 152 valence electrons. The van der Waals surface area contributed by atoms with Gasteiger partial charge in [-0.1, -0.05) is 0 Å². The minimum absolute atomic E-state index is 0.116. The van der Waals surface area contributed by atoms with Gasteiger partial charge in [-0.25, -0.2) is 9.97 Å². The molecule has 10 heteroatoms. The molecule has 1 fully saturated rings. The average Bonchev–Trinajstić information content (AvgIpc) is 3.43. The summed E-state index contributed by atoms with van der Waals surface area (Å²) in [6.45, 7) is 4.05. The highest BCUT2D eigenvalue weighted by atomic mass is 16.5. The fourth-order valence-electron chi connectivity index (χ4n) is 3.59. The summed E-state index contributed by atoms with van der Waals surface area (Å²) in [7, 11) is 0. The number of aromatic amines is 1. The maximum absolute atomic E-state index is 11.8. The fraction of sp³-hybridized carbons (Fsp3) is 0.368. The zero-order chi connectivity index (χ0) is 20.4. The number of fused-ring (bicyclic) bond motifs is 1. The van der Waals surface area contributed by atoms with Crippen molar-refractivity contribution in [1.82, 2.24) is 24.4 Å². The number of carbonyl (C=O) groups is 2. The van der Waals surface area contributed by atoms with Crippen LogP contribution in [0.1, 0.15) is 40.2 Å². The van der Waals surface area contributed by atoms with Crippen LogP contribution < -0.4 is 16.2 Å². The molecule has 0 radical (unpaired) electrons. The van der Waals surface area contributed by atoms with Crippen molar-refractivity contribution < 1.29 is 14.3 Å². The van der Waals surface area contributed by atoms with Crippen LogP contribution >= 0.6 is 0 Å². The van der Waals surface area contributed by atoms with Gasteiger partial charge in [0, 0.05) is 12.6 Å². The minimum Gasteiger partial charge on any atom is -0.493 e. The molecule has 4 rings (SSSR count). The van der Waals surface area contributed by atoms with Crippen molar-refractivity contribution in [2.45, 2.75) is 19.3 Å². The Morgan fingerprint density at radius 2 is 1.97 bits per heavy atom. The van der Waals surface area contributed by atoms with Gasteiger partial charge in [0.05, 0.1) is 17.6 Å². The number of ether oxygens (including phenoxy) is 1. The lowest BCUT2D eigenvalue weighted by Gasteiger charge is -2.14. The van der Waals surface area contributed by atoms with E-state index >= 15 is 0 Å². The molecule has 3 aromatic rings. The number of hydrogen-bond donors (Lipinski definition) is 3. The number of aromatic nitrogens is 4. The monoisotopic (exact) mass is 397 g/mol. The predicted octanol–water partition coefficient (Wildman–Crippen LogP) is 0.811. The molecule has 1 aliphatic heterocycles. The fourth-order valence-corrected chi connectivity index (χ4v) is 3.59. The summed E-state index contributed by atoms with van der Waals surface area (Å²) in [4.78, 5) is 37.1. The van der Waals surface area contributed by atoms with Crippen molar-refractivity contribution >= 4 is 22.8 Å². The van der Waals surface area contributed by atoms with Gasteiger partial charge in [0.15, 0.2) is 5.69 Å². The molecule has 0 atom stereocenters. The number of nitrogens with two attached hydrogens (primary N) is 2. The lowest BCUT2D eigenvalue weighted by Crippen LogP contribution is -2.23. The molecule has 3 heterocycles. The number of likely N-dealkylation sites (tertiary alicyclic amines) is 1. The van der Waals surface area contributed by atoms with Crippen LogP contribution in [0.4, 0.5) is 0 Å². The molecule has 2 amide bonds. The minimum atomic E-state index is -0.835. The molecular formula is C19H23N7O3. The number of benzene rings is 1. The Morgan fingerprint density at radius 3 is 2.69 bits per heavy atom. The van der Waals surface area contributed by atoms with Gasteiger partial charge in [-0.2, -0.15) is 0 Å². The van der Waals surface area contributed by atoms with Crippen molar-refractivity contribution in [3.8, 4) is 11.7 Å². The highest BCUT2D eigenvalue weighted by Crippen LogP contribution is 2.22. The molecule has 1 aromatic carbocycles. The summed E-state index contributed by atoms with van der Waals surface area (Å²) >= 11 is 0. The van der Waals surface area contributed by atoms with Gasteiger partial charge in [0.2, 0.25) is 5.95 Å². The molecule has 0 aliphatic carbocycles. The first-order valence-electron chi connectivity index (χ1n) is 9.55. The van der Waals surface area contributed by atoms with Crippen molar-refractivity contribution in [2.75, 3.05) is 26.2 Å². The smallest absolute Gasteiger partial charge is 0.269 e. The van der Waals surface area contributed by atoms with E-state index in [-0.39, 0.29) is 11.4 Å². The van der Waals surface area contributed by atoms with Crippen molar-refractivity contribution in [2.24, 2.45) is 11.5 Å². The number of primary amides is 2. The van der Waals surface area contributed by atoms with Gasteiger partial charge in [-0.3, -0.25) is 14.2 Å². The Balaban J connectivity index is 1.50. The van der Waals surface area contributed by atoms with E-state index in [9.17, 15) is 9.59 Å². The number of H-pyrrole nitrogens is 1. The number of rotatable bonds is 8. The molecule has 29 heavy (non-hydrogen) atoms. The first kappa shape index (κ1) is 18.9. The van der Waals surface area contributed by atoms with Gasteiger partial charge in [-0.05, 0) is 44.5 Å². The van der Waals surface area contributed by atoms with Crippen LogP contribution in [0, 0.1) is 0 Å². The summed E-state index contributed by atoms with van der Waals surface area (Å²) in [5.74, 6) is -0.621. The maximum atomic E-state index is 11.8. The van der Waals surface area contributed by atoms with E-state index in [2.05, 4.69) is 19.9 Å². The molecule has 2 aromatic heterocycles. The van der Waals surface area contributed by atoms with Crippen molar-refractivity contribution in [3.63, 3.8) is 0 Å². The second kappa shape index (κ2) is 7.92. The number of imidazole rings is 2. The second-order valence-electron chi connectivity index (χ2n) is 7.03. The Hall–Kier alpha value is -3.40. The molecule has 5 N–H and O–H groups in total. The Bertz CT molecular complexity index is 1050. The molecule has 1 aliphatic rings. The highest BCUT2D eigenvalue weighted by molar-refractivity contribution is 6.04. The van der Waals surface area contributed by atoms with Crippen LogP contribution in [-0.2, 0) is 0 Å². The Morgan fingerprint density at radius 1 is 1.17 bits per heavy atom. The van der Waals surface area contributed by atoms with E-state index in [1.807, 2.05) is 18.2 Å². The third-order valence-electron chi connectivity index (χ3n) is 4.99. The van der Waals surface area contributed by atoms with Crippen molar-refractivity contribution in [3.05, 3.63) is 35.9 Å². The van der Waals surface area contributed by atoms with E-state index in [1.54, 1.807) is 0 Å². The molecule has 10 nitrogen and oxygen atoms in total. The third kappa shape index (κ3) is 3.92. The summed E-state index contributed by atoms with van der Waals surface area (Å²) in [5.41, 5.74) is 11.7. The SMILES string of the molecule is NC(=O)c1ncn(-c2nc3ccc(OCCCN4CCCC4)cc3[nH]2)c1C(N)=O. The van der Waals surface area contributed by atoms with E-state index in [4.69, 9.17) is 16.2 Å². The highest BCUT2D eigenvalue weighted by Gasteiger charge is 2.22. The van der Waals surface area contributed by atoms with Crippen LogP contribution in [0.5, 0.6) is 5.75 Å². The lowest BCUT2D eigenvalue weighted by molar-refractivity contribution is 0.0960. The van der Waals surface area contributed by atoms with Crippen LogP contribution in [0.2, 0.25) is 0 Å². The number of amides is 2. The molecule has 0 spiro atoms. The first-order chi connectivity index (χ1) is 14.0. The van der Waals surface area contributed by atoms with Crippen LogP contribution in [-0.4, -0.2) is 62.5 Å². The van der Waals surface area contributed by atoms with Crippen LogP contribution in [0.3, 0.4) is 0 Å². The van der Waals surface area contributed by atoms with E-state index in [0.717, 1.165) is 24.2 Å². The molecule has 0 bridgehead atoms. The van der Waals surface area contributed by atoms with E-state index in [1.165, 1.54) is 36.8 Å². The molecular weight excluding hydrogens is 374 g/mol. The molecule has 0 unspecified atom stereocenters. The molecule has 0 saturated carbocycles. The van der Waals surface area contributed by atoms with E-state index in [0.29, 0.717) is 18.1 Å². The van der Waals surface area contributed by atoms with Gasteiger partial charge < -0.3 is 26.1 Å². The first-order valence-corrected chi connectivity index (χ1v) is 9.55. The summed E-state index contributed by atoms with van der Waals surface area (Å²) in [6.07, 6.45) is 4.83. The van der Waals surface area contributed by atoms with Crippen LogP contribution in [0.15, 0.2) is 24.5 Å². The van der Waals surface area contributed by atoms with Gasteiger partial charge in [-0.15, -0.1) is 0 Å². The van der Waals surface area contributed by atoms with Crippen molar-refractivity contribution in [1.29, 1.82) is 0 Å². The standard InChI is InChI=1S/C19H23N7O3/c20-17(27)15-16(18(21)28)26(11-22-15)19-23-13-5-4-12(10-14(13)24-19)29-9-3-8-25-6-1-2-7-25/h4-5,10-11H,1-3,6-9H2,(H2,20,27)(H2,21,28)(H,23,24). The number of nitrogens with one attached hydrogen (secondary N) is 1. The van der Waals surface area contributed by atoms with Gasteiger partial charge in [0.25, 0.3) is 11.8 Å². The van der Waals surface area contributed by atoms with Crippen LogP contribution in [0.25, 0.3) is 17.0 Å². The zero-order valence-corrected chi connectivity index (χ0v) is 15.9. The average molecular weight is 397 g/mol. The van der Waals surface area contributed by atoms with E-state index < -0.39 is 11.8 Å².